The summed E-state index contributed by atoms with van der Waals surface area (Å²) in [6.07, 6.45) is 0. The fourth-order valence-electron chi connectivity index (χ4n) is 4.09. The van der Waals surface area contributed by atoms with Gasteiger partial charge in [0.1, 0.15) is 0 Å². The van der Waals surface area contributed by atoms with Gasteiger partial charge in [-0.2, -0.15) is 0 Å². The first kappa shape index (κ1) is 27.1. The van der Waals surface area contributed by atoms with Gasteiger partial charge in [-0.3, -0.25) is 14.4 Å². The molecule has 3 aromatic carbocycles. The summed E-state index contributed by atoms with van der Waals surface area (Å²) in [5, 5.41) is 6.18. The molecule has 0 bridgehead atoms. The molecule has 0 saturated carbocycles. The third kappa shape index (κ3) is 6.31. The average Bonchev–Trinajstić information content (AvgIpc) is 3.25. The minimum atomic E-state index is -0.763. The number of primary amides is 1. The van der Waals surface area contributed by atoms with E-state index in [1.165, 1.54) is 12.1 Å². The van der Waals surface area contributed by atoms with Crippen LogP contribution in [0, 0.1) is 0 Å². The highest BCUT2D eigenvalue weighted by atomic mass is 16.5. The number of esters is 1. The number of fused-ring (bicyclic) bond motifs is 1. The number of anilines is 3. The van der Waals surface area contributed by atoms with Gasteiger partial charge >= 0.3 is 5.97 Å². The normalized spacial score (nSPS) is 13.4. The Bertz CT molecular complexity index is 1450. The van der Waals surface area contributed by atoms with Gasteiger partial charge in [0.05, 0.1) is 29.1 Å². The fraction of sp³-hybridized carbons (Fsp3) is 0.172. The zero-order valence-electron chi connectivity index (χ0n) is 21.9. The van der Waals surface area contributed by atoms with E-state index in [1.807, 2.05) is 73.6 Å². The second kappa shape index (κ2) is 11.6. The van der Waals surface area contributed by atoms with Gasteiger partial charge in [-0.25, -0.2) is 4.79 Å². The number of carbonyl (C=O) groups excluding carboxylic acids is 4. The molecule has 0 radical (unpaired) electrons. The quantitative estimate of drug-likeness (QED) is 0.288. The molecule has 10 nitrogen and oxygen atoms in total. The maximum Gasteiger partial charge on any atom is 0.338 e. The molecule has 39 heavy (non-hydrogen) atoms. The first-order valence-corrected chi connectivity index (χ1v) is 12.1. The Morgan fingerprint density at radius 2 is 1.62 bits per heavy atom. The van der Waals surface area contributed by atoms with Crippen molar-refractivity contribution >= 4 is 52.0 Å². The Labute approximate surface area is 226 Å². The van der Waals surface area contributed by atoms with Crippen LogP contribution in [0.3, 0.4) is 0 Å². The first-order chi connectivity index (χ1) is 18.6. The maximum absolute atomic E-state index is 13.2. The van der Waals surface area contributed by atoms with Gasteiger partial charge < -0.3 is 30.9 Å². The summed E-state index contributed by atoms with van der Waals surface area (Å²) in [6, 6.07) is 21.4. The van der Waals surface area contributed by atoms with E-state index < -0.39 is 18.5 Å². The van der Waals surface area contributed by atoms with Crippen molar-refractivity contribution < 1.29 is 23.9 Å². The molecule has 0 aliphatic carbocycles. The van der Waals surface area contributed by atoms with Crippen LogP contribution in [0.2, 0.25) is 0 Å². The standard InChI is InChI=1S/C29H29N5O5/c1-33(2)16-25(36)34(3)21-12-10-20(11-13-21)31-27(18-7-5-4-6-8-18)26-22-14-9-19(15-23(22)32-28(26)37)29(38)39-17-24(30)35/h4-15,31H,16-17H2,1-3H3,(H2,30,35)(H,32,37). The molecule has 0 spiro atoms. The molecular weight excluding hydrogens is 498 g/mol. The summed E-state index contributed by atoms with van der Waals surface area (Å²) >= 11 is 0. The predicted octanol–water partition coefficient (Wildman–Crippen LogP) is 2.79. The SMILES string of the molecule is CN(C)CC(=O)N(C)c1ccc(NC(=C2C(=O)Nc3cc(C(=O)OCC(N)=O)ccc32)c2ccccc2)cc1. The van der Waals surface area contributed by atoms with Crippen molar-refractivity contribution in [3.05, 3.63) is 89.5 Å². The Morgan fingerprint density at radius 1 is 0.923 bits per heavy atom. The van der Waals surface area contributed by atoms with Crippen molar-refractivity contribution in [1.82, 2.24) is 4.90 Å². The number of hydrogen-bond acceptors (Lipinski definition) is 7. The van der Waals surface area contributed by atoms with Gasteiger partial charge in [0.25, 0.3) is 11.8 Å². The van der Waals surface area contributed by atoms with Crippen molar-refractivity contribution in [3.8, 4) is 0 Å². The lowest BCUT2D eigenvalue weighted by molar-refractivity contribution is -0.121. The third-order valence-corrected chi connectivity index (χ3v) is 6.01. The number of carbonyl (C=O) groups is 4. The molecule has 3 aromatic rings. The number of nitrogens with two attached hydrogens (primary N) is 1. The summed E-state index contributed by atoms with van der Waals surface area (Å²) in [4.78, 5) is 52.3. The molecule has 4 N–H and O–H groups in total. The zero-order chi connectivity index (χ0) is 28.1. The topological polar surface area (TPSA) is 134 Å². The Balaban J connectivity index is 1.68. The van der Waals surface area contributed by atoms with Crippen LogP contribution in [0.15, 0.2) is 72.8 Å². The Morgan fingerprint density at radius 3 is 2.26 bits per heavy atom. The molecule has 10 heteroatoms. The van der Waals surface area contributed by atoms with Crippen molar-refractivity contribution in [3.63, 3.8) is 0 Å². The number of benzene rings is 3. The van der Waals surface area contributed by atoms with Crippen LogP contribution in [0.1, 0.15) is 21.5 Å². The average molecular weight is 528 g/mol. The van der Waals surface area contributed by atoms with Crippen molar-refractivity contribution in [2.24, 2.45) is 5.73 Å². The number of amides is 3. The molecule has 1 aliphatic heterocycles. The molecule has 200 valence electrons. The van der Waals surface area contributed by atoms with Crippen LogP contribution < -0.4 is 21.3 Å². The van der Waals surface area contributed by atoms with E-state index in [2.05, 4.69) is 10.6 Å². The van der Waals surface area contributed by atoms with E-state index in [1.54, 1.807) is 18.0 Å². The van der Waals surface area contributed by atoms with Gasteiger partial charge in [0.2, 0.25) is 5.91 Å². The zero-order valence-corrected chi connectivity index (χ0v) is 21.9. The molecule has 1 aliphatic rings. The van der Waals surface area contributed by atoms with Crippen molar-refractivity contribution in [2.75, 3.05) is 49.8 Å². The molecule has 0 fully saturated rings. The minimum absolute atomic E-state index is 0.0371. The van der Waals surface area contributed by atoms with E-state index in [0.717, 1.165) is 11.3 Å². The second-order valence-corrected chi connectivity index (χ2v) is 9.24. The molecule has 4 rings (SSSR count). The van der Waals surface area contributed by atoms with Crippen LogP contribution >= 0.6 is 0 Å². The lowest BCUT2D eigenvalue weighted by atomic mass is 9.99. The summed E-state index contributed by atoms with van der Waals surface area (Å²) in [7, 11) is 5.40. The monoisotopic (exact) mass is 527 g/mol. The Hall–Kier alpha value is -4.96. The number of likely N-dealkylation sites (N-methyl/N-ethyl adjacent to an activating group) is 2. The van der Waals surface area contributed by atoms with Crippen molar-refractivity contribution in [2.45, 2.75) is 0 Å². The Kier molecular flexibility index (Phi) is 8.07. The van der Waals surface area contributed by atoms with Gasteiger partial charge in [-0.15, -0.1) is 0 Å². The number of ether oxygens (including phenoxy) is 1. The highest BCUT2D eigenvalue weighted by Gasteiger charge is 2.29. The smallest absolute Gasteiger partial charge is 0.338 e. The van der Waals surface area contributed by atoms with Crippen LogP contribution in [-0.4, -0.2) is 62.9 Å². The van der Waals surface area contributed by atoms with Crippen molar-refractivity contribution in [1.29, 1.82) is 0 Å². The summed E-state index contributed by atoms with van der Waals surface area (Å²) < 4.78 is 4.88. The number of hydrogen-bond donors (Lipinski definition) is 3. The van der Waals surface area contributed by atoms with E-state index in [0.29, 0.717) is 34.8 Å². The number of nitrogens with one attached hydrogen (secondary N) is 2. The third-order valence-electron chi connectivity index (χ3n) is 6.01. The molecule has 0 saturated heterocycles. The number of rotatable bonds is 9. The van der Waals surface area contributed by atoms with E-state index >= 15 is 0 Å². The van der Waals surface area contributed by atoms with E-state index in [-0.39, 0.29) is 17.4 Å². The van der Waals surface area contributed by atoms with Crippen LogP contribution in [0.5, 0.6) is 0 Å². The molecule has 3 amide bonds. The molecule has 0 unspecified atom stereocenters. The summed E-state index contributed by atoms with van der Waals surface area (Å²) in [5.74, 6) is -1.87. The molecule has 0 atom stereocenters. The van der Waals surface area contributed by atoms with Crippen LogP contribution in [0.4, 0.5) is 17.1 Å². The highest BCUT2D eigenvalue weighted by Crippen LogP contribution is 2.38. The largest absolute Gasteiger partial charge is 0.452 e. The van der Waals surface area contributed by atoms with Crippen LogP contribution in [0.25, 0.3) is 11.3 Å². The number of nitrogens with zero attached hydrogens (tertiary/aromatic N) is 2. The predicted molar refractivity (Wildman–Crippen MR) is 150 cm³/mol. The van der Waals surface area contributed by atoms with Gasteiger partial charge in [-0.05, 0) is 56.1 Å². The lowest BCUT2D eigenvalue weighted by Gasteiger charge is -2.20. The maximum atomic E-state index is 13.2. The fourth-order valence-corrected chi connectivity index (χ4v) is 4.09. The molecule has 0 aromatic heterocycles. The van der Waals surface area contributed by atoms with Gasteiger partial charge in [0.15, 0.2) is 6.61 Å². The van der Waals surface area contributed by atoms with Crippen LogP contribution in [-0.2, 0) is 19.1 Å². The second-order valence-electron chi connectivity index (χ2n) is 9.24. The first-order valence-electron chi connectivity index (χ1n) is 12.1. The minimum Gasteiger partial charge on any atom is -0.452 e. The van der Waals surface area contributed by atoms with Gasteiger partial charge in [-0.1, -0.05) is 36.4 Å². The summed E-state index contributed by atoms with van der Waals surface area (Å²) in [6.45, 7) is -0.242. The lowest BCUT2D eigenvalue weighted by Crippen LogP contribution is -2.34. The van der Waals surface area contributed by atoms with E-state index in [9.17, 15) is 19.2 Å². The summed E-state index contributed by atoms with van der Waals surface area (Å²) in [5.41, 5.74) is 9.46. The highest BCUT2D eigenvalue weighted by molar-refractivity contribution is 6.37. The molecule has 1 heterocycles. The molecular formula is C29H29N5O5. The van der Waals surface area contributed by atoms with E-state index in [4.69, 9.17) is 10.5 Å². The van der Waals surface area contributed by atoms with Gasteiger partial charge in [0, 0.05) is 24.0 Å².